The summed E-state index contributed by atoms with van der Waals surface area (Å²) in [5.41, 5.74) is 1.14. The highest BCUT2D eigenvalue weighted by atomic mass is 16.4. The second-order valence-electron chi connectivity index (χ2n) is 12.8. The van der Waals surface area contributed by atoms with Crippen LogP contribution < -0.4 is 21.8 Å². The van der Waals surface area contributed by atoms with Crippen molar-refractivity contribution in [2.45, 2.75) is 13.8 Å². The number of carboxylic acids is 3. The van der Waals surface area contributed by atoms with Gasteiger partial charge in [0.25, 0.3) is 11.1 Å². The predicted molar refractivity (Wildman–Crippen MR) is 201 cm³/mol. The van der Waals surface area contributed by atoms with Gasteiger partial charge in [0.2, 0.25) is 11.8 Å². The van der Waals surface area contributed by atoms with Crippen LogP contribution in [0.1, 0.15) is 11.4 Å². The summed E-state index contributed by atoms with van der Waals surface area (Å²) < 4.78 is 5.92. The first-order chi connectivity index (χ1) is 26.1. The molecule has 0 saturated heterocycles. The lowest BCUT2D eigenvalue weighted by atomic mass is 10.3. The first-order valence-corrected chi connectivity index (χ1v) is 17.2. The third kappa shape index (κ3) is 10.9. The number of hydrogen-bond acceptors (Lipinski definition) is 10. The maximum absolute atomic E-state index is 13.3. The van der Waals surface area contributed by atoms with Crippen LogP contribution in [0.3, 0.4) is 0 Å². The Morgan fingerprint density at radius 1 is 0.527 bits per heavy atom. The molecule has 2 aromatic heterocycles. The fourth-order valence-corrected chi connectivity index (χ4v) is 6.03. The zero-order valence-corrected chi connectivity index (χ0v) is 31.0. The molecule has 0 aliphatic heterocycles. The number of anilines is 2. The highest BCUT2D eigenvalue weighted by molar-refractivity contribution is 5.93. The van der Waals surface area contributed by atoms with Crippen molar-refractivity contribution in [2.75, 3.05) is 69.5 Å². The number of hydrogen-bond donors (Lipinski definition) is 5. The number of benzene rings is 2. The molecule has 0 fully saturated rings. The average Bonchev–Trinajstić information content (AvgIpc) is 3.46. The molecule has 2 aromatic carbocycles. The first kappa shape index (κ1) is 41.4. The van der Waals surface area contributed by atoms with Crippen molar-refractivity contribution in [3.05, 3.63) is 92.8 Å². The number of nitrogens with zero attached hydrogens (tertiary/aromatic N) is 7. The van der Waals surface area contributed by atoms with E-state index in [4.69, 9.17) is 0 Å². The number of carboxylic acid groups (broad SMARTS) is 3. The van der Waals surface area contributed by atoms with Crippen LogP contribution >= 0.6 is 0 Å². The Balaban J connectivity index is 1.41. The molecule has 0 aliphatic carbocycles. The number of carbonyl (C=O) groups is 5. The van der Waals surface area contributed by atoms with Gasteiger partial charge in [-0.3, -0.25) is 57.6 Å². The van der Waals surface area contributed by atoms with Crippen LogP contribution in [0.5, 0.6) is 0 Å². The van der Waals surface area contributed by atoms with Crippen molar-refractivity contribution in [2.24, 2.45) is 14.1 Å². The molecule has 19 nitrogen and oxygen atoms in total. The summed E-state index contributed by atoms with van der Waals surface area (Å²) >= 11 is 0. The summed E-state index contributed by atoms with van der Waals surface area (Å²) in [5, 5.41) is 33.9. The molecule has 0 bridgehead atoms. The third-order valence-electron chi connectivity index (χ3n) is 8.91. The van der Waals surface area contributed by atoms with Crippen molar-refractivity contribution >= 4 is 41.1 Å². The van der Waals surface area contributed by atoms with Crippen LogP contribution in [0.25, 0.3) is 11.4 Å². The SMILES string of the molecule is Cc1c(NC(=O)CN(CCN(CCN(CC(=O)O)CC(=O)Nc2c(C)n(C)n(-c3ccccc3)c2=O)CC(=O)O)CC(=O)O)c(=O)n(-c2ccccc2)n1C. The molecule has 294 valence electrons. The van der Waals surface area contributed by atoms with Crippen LogP contribution in [-0.4, -0.2) is 137 Å². The van der Waals surface area contributed by atoms with Gasteiger partial charge in [0, 0.05) is 40.3 Å². The molecule has 5 N–H and O–H groups in total. The van der Waals surface area contributed by atoms with E-state index in [0.29, 0.717) is 22.8 Å². The van der Waals surface area contributed by atoms with Gasteiger partial charge < -0.3 is 26.0 Å². The molecule has 2 heterocycles. The second kappa shape index (κ2) is 18.6. The van der Waals surface area contributed by atoms with Crippen LogP contribution in [0.2, 0.25) is 0 Å². The number of aliphatic carboxylic acids is 3. The van der Waals surface area contributed by atoms with E-state index in [1.54, 1.807) is 98.0 Å². The van der Waals surface area contributed by atoms with Crippen molar-refractivity contribution in [1.29, 1.82) is 0 Å². The number of carbonyl (C=O) groups excluding carboxylic acids is 2. The van der Waals surface area contributed by atoms with Crippen LogP contribution in [0, 0.1) is 13.8 Å². The lowest BCUT2D eigenvalue weighted by Gasteiger charge is -2.28. The molecule has 0 atom stereocenters. The molecule has 0 saturated carbocycles. The molecule has 19 heteroatoms. The molecule has 0 unspecified atom stereocenters. The van der Waals surface area contributed by atoms with Gasteiger partial charge in [0.1, 0.15) is 11.4 Å². The maximum Gasteiger partial charge on any atom is 0.317 e. The summed E-state index contributed by atoms with van der Waals surface area (Å²) in [6.45, 7) is 0.481. The Bertz CT molecular complexity index is 1990. The summed E-state index contributed by atoms with van der Waals surface area (Å²) in [4.78, 5) is 91.9. The van der Waals surface area contributed by atoms with Crippen molar-refractivity contribution < 1.29 is 39.3 Å². The van der Waals surface area contributed by atoms with Gasteiger partial charge >= 0.3 is 17.9 Å². The molecule has 0 spiro atoms. The van der Waals surface area contributed by atoms with Crippen molar-refractivity contribution in [3.63, 3.8) is 0 Å². The Morgan fingerprint density at radius 2 is 0.836 bits per heavy atom. The summed E-state index contributed by atoms with van der Waals surface area (Å²) in [6, 6.07) is 17.6. The quantitative estimate of drug-likeness (QED) is 0.0800. The number of rotatable bonds is 20. The molecule has 4 aromatic rings. The Kier molecular flexibility index (Phi) is 14.0. The standard InChI is InChI=1S/C36H45N9O10/c1-24-33(35(54)44(39(24)3)26-11-7-5-8-12-26)37-28(46)19-42(22-31(50)51)17-15-41(21-30(48)49)16-18-43(23-32(52)53)20-29(47)38-34-25(2)40(4)45(36(34)55)27-13-9-6-10-14-27/h5-14H,15-23H2,1-4H3,(H,37,46)(H,38,47)(H,48,49)(H,50,51)(H,52,53). The molecular formula is C36H45N9O10. The Labute approximate surface area is 315 Å². The summed E-state index contributed by atoms with van der Waals surface area (Å²) in [7, 11) is 3.31. The number of para-hydroxylation sites is 2. The van der Waals surface area contributed by atoms with Gasteiger partial charge in [-0.1, -0.05) is 36.4 Å². The largest absolute Gasteiger partial charge is 0.480 e. The molecule has 0 radical (unpaired) electrons. The Morgan fingerprint density at radius 3 is 1.16 bits per heavy atom. The van der Waals surface area contributed by atoms with E-state index in [9.17, 15) is 48.9 Å². The van der Waals surface area contributed by atoms with E-state index in [1.807, 2.05) is 0 Å². The molecule has 2 amide bonds. The van der Waals surface area contributed by atoms with Gasteiger partial charge in [-0.15, -0.1) is 0 Å². The average molecular weight is 764 g/mol. The van der Waals surface area contributed by atoms with E-state index in [2.05, 4.69) is 10.6 Å². The van der Waals surface area contributed by atoms with E-state index in [0.717, 1.165) is 0 Å². The zero-order valence-electron chi connectivity index (χ0n) is 31.0. The fourth-order valence-electron chi connectivity index (χ4n) is 6.03. The Hall–Kier alpha value is -6.31. The van der Waals surface area contributed by atoms with E-state index in [-0.39, 0.29) is 37.6 Å². The third-order valence-corrected chi connectivity index (χ3v) is 8.91. The number of aromatic nitrogens is 4. The van der Waals surface area contributed by atoms with E-state index < -0.39 is 73.6 Å². The fraction of sp³-hybridized carbons (Fsp3) is 0.361. The molecule has 0 aliphatic rings. The van der Waals surface area contributed by atoms with Crippen molar-refractivity contribution in [1.82, 2.24) is 33.4 Å². The monoisotopic (exact) mass is 763 g/mol. The highest BCUT2D eigenvalue weighted by Crippen LogP contribution is 2.15. The summed E-state index contributed by atoms with van der Waals surface area (Å²) in [6.07, 6.45) is 0. The van der Waals surface area contributed by atoms with Gasteiger partial charge in [-0.2, -0.15) is 0 Å². The van der Waals surface area contributed by atoms with Crippen LogP contribution in [0.4, 0.5) is 11.4 Å². The maximum atomic E-state index is 13.3. The lowest BCUT2D eigenvalue weighted by Crippen LogP contribution is -2.46. The molecular weight excluding hydrogens is 718 g/mol. The minimum absolute atomic E-state index is 0.0194. The van der Waals surface area contributed by atoms with Gasteiger partial charge in [-0.05, 0) is 38.1 Å². The number of amides is 2. The topological polar surface area (TPSA) is 234 Å². The van der Waals surface area contributed by atoms with Crippen LogP contribution in [0.15, 0.2) is 70.3 Å². The van der Waals surface area contributed by atoms with E-state index >= 15 is 0 Å². The summed E-state index contributed by atoms with van der Waals surface area (Å²) in [5.74, 6) is -5.04. The first-order valence-electron chi connectivity index (χ1n) is 17.2. The lowest BCUT2D eigenvalue weighted by molar-refractivity contribution is -0.140. The molecule has 4 rings (SSSR count). The van der Waals surface area contributed by atoms with Gasteiger partial charge in [0.05, 0.1) is 55.5 Å². The second-order valence-corrected chi connectivity index (χ2v) is 12.8. The zero-order chi connectivity index (χ0) is 40.4. The highest BCUT2D eigenvalue weighted by Gasteiger charge is 2.24. The predicted octanol–water partition coefficient (Wildman–Crippen LogP) is 0.0192. The van der Waals surface area contributed by atoms with Gasteiger partial charge in [0.15, 0.2) is 0 Å². The number of nitrogens with one attached hydrogen (secondary N) is 2. The van der Waals surface area contributed by atoms with Crippen molar-refractivity contribution in [3.8, 4) is 11.4 Å². The molecule has 55 heavy (non-hydrogen) atoms. The normalized spacial score (nSPS) is 11.3. The smallest absolute Gasteiger partial charge is 0.317 e. The minimum atomic E-state index is -1.25. The minimum Gasteiger partial charge on any atom is -0.480 e. The van der Waals surface area contributed by atoms with Gasteiger partial charge in [-0.25, -0.2) is 9.36 Å². The van der Waals surface area contributed by atoms with E-state index in [1.165, 1.54) is 24.1 Å². The van der Waals surface area contributed by atoms with Crippen LogP contribution in [-0.2, 0) is 38.1 Å².